The Hall–Kier alpha value is -1.46. The summed E-state index contributed by atoms with van der Waals surface area (Å²) in [6, 6.07) is 7.61. The summed E-state index contributed by atoms with van der Waals surface area (Å²) in [5, 5.41) is 2.45. The summed E-state index contributed by atoms with van der Waals surface area (Å²) in [6.07, 6.45) is -0.163. The van der Waals surface area contributed by atoms with Crippen LogP contribution in [-0.4, -0.2) is 11.6 Å². The average molecular weight is 271 g/mol. The summed E-state index contributed by atoms with van der Waals surface area (Å²) >= 11 is 1.41. The number of benzene rings is 1. The van der Waals surface area contributed by atoms with Gasteiger partial charge in [0, 0.05) is 5.38 Å². The summed E-state index contributed by atoms with van der Waals surface area (Å²) in [7, 11) is 0. The van der Waals surface area contributed by atoms with Crippen LogP contribution in [-0.2, 0) is 0 Å². The van der Waals surface area contributed by atoms with Crippen LogP contribution in [0.15, 0.2) is 29.6 Å². The molecule has 4 nitrogen and oxygen atoms in total. The maximum absolute atomic E-state index is 5.79. The third-order valence-corrected chi connectivity index (χ3v) is 3.07. The minimum absolute atomic E-state index is 0. The first-order valence-corrected chi connectivity index (χ1v) is 5.80. The lowest BCUT2D eigenvalue weighted by atomic mass is 10.2. The molecule has 1 aromatic carbocycles. The third kappa shape index (κ3) is 2.30. The van der Waals surface area contributed by atoms with Crippen LogP contribution in [0, 0.1) is 0 Å². The SMILES string of the molecule is Cl.Nc1nc(C2COc3ccccc3O2)cs1. The third-order valence-electron chi connectivity index (χ3n) is 2.38. The highest BCUT2D eigenvalue weighted by atomic mass is 35.5. The van der Waals surface area contributed by atoms with Crippen molar-refractivity contribution >= 4 is 28.9 Å². The molecule has 90 valence electrons. The van der Waals surface area contributed by atoms with E-state index in [1.54, 1.807) is 0 Å². The zero-order valence-electron chi connectivity index (χ0n) is 8.83. The van der Waals surface area contributed by atoms with E-state index in [4.69, 9.17) is 15.2 Å². The molecule has 1 aliphatic heterocycles. The molecule has 0 aliphatic carbocycles. The van der Waals surface area contributed by atoms with Gasteiger partial charge in [-0.15, -0.1) is 23.7 Å². The fourth-order valence-electron chi connectivity index (χ4n) is 1.61. The Labute approximate surface area is 109 Å². The van der Waals surface area contributed by atoms with Gasteiger partial charge in [0.1, 0.15) is 6.61 Å². The second kappa shape index (κ2) is 4.81. The number of rotatable bonds is 1. The van der Waals surface area contributed by atoms with E-state index in [2.05, 4.69) is 4.98 Å². The van der Waals surface area contributed by atoms with Crippen molar-refractivity contribution in [2.24, 2.45) is 0 Å². The second-order valence-corrected chi connectivity index (χ2v) is 4.36. The molecule has 0 amide bonds. The molecule has 0 radical (unpaired) electrons. The summed E-state index contributed by atoms with van der Waals surface area (Å²) in [5.74, 6) is 1.53. The smallest absolute Gasteiger partial charge is 0.180 e. The molecule has 0 saturated carbocycles. The van der Waals surface area contributed by atoms with Crippen LogP contribution in [0.2, 0.25) is 0 Å². The Balaban J connectivity index is 0.00000108. The van der Waals surface area contributed by atoms with E-state index in [0.29, 0.717) is 11.7 Å². The maximum atomic E-state index is 5.79. The zero-order valence-corrected chi connectivity index (χ0v) is 10.5. The van der Waals surface area contributed by atoms with Crippen LogP contribution in [0.25, 0.3) is 0 Å². The van der Waals surface area contributed by atoms with Gasteiger partial charge in [0.15, 0.2) is 22.7 Å². The first kappa shape index (κ1) is 12.0. The molecule has 1 aliphatic rings. The van der Waals surface area contributed by atoms with Crippen molar-refractivity contribution in [1.82, 2.24) is 4.98 Å². The lowest BCUT2D eigenvalue weighted by Crippen LogP contribution is -2.21. The molecule has 2 heterocycles. The predicted octanol–water partition coefficient (Wildman–Crippen LogP) is 2.66. The molecule has 2 N–H and O–H groups in total. The number of anilines is 1. The topological polar surface area (TPSA) is 57.4 Å². The highest BCUT2D eigenvalue weighted by Gasteiger charge is 2.23. The van der Waals surface area contributed by atoms with E-state index in [0.717, 1.165) is 17.2 Å². The predicted molar refractivity (Wildman–Crippen MR) is 69.1 cm³/mol. The van der Waals surface area contributed by atoms with Crippen molar-refractivity contribution in [3.63, 3.8) is 0 Å². The van der Waals surface area contributed by atoms with E-state index in [1.807, 2.05) is 29.6 Å². The fraction of sp³-hybridized carbons (Fsp3) is 0.182. The zero-order chi connectivity index (χ0) is 11.0. The highest BCUT2D eigenvalue weighted by Crippen LogP contribution is 2.36. The monoisotopic (exact) mass is 270 g/mol. The summed E-state index contributed by atoms with van der Waals surface area (Å²) in [5.41, 5.74) is 6.42. The molecule has 1 atom stereocenters. The van der Waals surface area contributed by atoms with Crippen molar-refractivity contribution in [3.05, 3.63) is 35.3 Å². The Morgan fingerprint density at radius 2 is 2.06 bits per heavy atom. The number of hydrogen-bond donors (Lipinski definition) is 1. The number of fused-ring (bicyclic) bond motifs is 1. The Morgan fingerprint density at radius 3 is 2.76 bits per heavy atom. The molecule has 17 heavy (non-hydrogen) atoms. The number of hydrogen-bond acceptors (Lipinski definition) is 5. The van der Waals surface area contributed by atoms with Crippen molar-refractivity contribution in [2.75, 3.05) is 12.3 Å². The number of halogens is 1. The first-order chi connectivity index (χ1) is 7.83. The lowest BCUT2D eigenvalue weighted by molar-refractivity contribution is 0.0888. The standard InChI is InChI=1S/C11H10N2O2S.ClH/c12-11-13-7(6-16-11)10-5-14-8-3-1-2-4-9(8)15-10;/h1-4,6,10H,5H2,(H2,12,13);1H. The molecule has 3 rings (SSSR count). The van der Waals surface area contributed by atoms with Crippen molar-refractivity contribution in [3.8, 4) is 11.5 Å². The number of ether oxygens (including phenoxy) is 2. The molecule has 1 aromatic heterocycles. The van der Waals surface area contributed by atoms with E-state index in [1.165, 1.54) is 11.3 Å². The van der Waals surface area contributed by atoms with Gasteiger partial charge in [0.05, 0.1) is 5.69 Å². The van der Waals surface area contributed by atoms with Gasteiger partial charge in [-0.3, -0.25) is 0 Å². The number of para-hydroxylation sites is 2. The Kier molecular flexibility index (Phi) is 3.40. The average Bonchev–Trinajstić information content (AvgIpc) is 2.75. The van der Waals surface area contributed by atoms with E-state index in [-0.39, 0.29) is 18.5 Å². The van der Waals surface area contributed by atoms with Crippen LogP contribution in [0.3, 0.4) is 0 Å². The van der Waals surface area contributed by atoms with Crippen LogP contribution < -0.4 is 15.2 Å². The van der Waals surface area contributed by atoms with Crippen molar-refractivity contribution in [1.29, 1.82) is 0 Å². The molecular weight excluding hydrogens is 260 g/mol. The van der Waals surface area contributed by atoms with Crippen LogP contribution >= 0.6 is 23.7 Å². The molecule has 0 fully saturated rings. The normalized spacial score (nSPS) is 17.3. The van der Waals surface area contributed by atoms with Gasteiger partial charge in [-0.1, -0.05) is 12.1 Å². The minimum atomic E-state index is -0.163. The molecule has 0 bridgehead atoms. The Morgan fingerprint density at radius 1 is 1.29 bits per heavy atom. The molecule has 2 aromatic rings. The summed E-state index contributed by atoms with van der Waals surface area (Å²) < 4.78 is 11.4. The van der Waals surface area contributed by atoms with E-state index >= 15 is 0 Å². The largest absolute Gasteiger partial charge is 0.485 e. The number of nitrogens with zero attached hydrogens (tertiary/aromatic N) is 1. The number of aromatic nitrogens is 1. The van der Waals surface area contributed by atoms with Crippen molar-refractivity contribution < 1.29 is 9.47 Å². The molecule has 1 unspecified atom stereocenters. The molecule has 6 heteroatoms. The first-order valence-electron chi connectivity index (χ1n) is 4.92. The van der Waals surface area contributed by atoms with Crippen molar-refractivity contribution in [2.45, 2.75) is 6.10 Å². The molecule has 0 spiro atoms. The van der Waals surface area contributed by atoms with E-state index in [9.17, 15) is 0 Å². The number of nitrogens with two attached hydrogens (primary N) is 1. The minimum Gasteiger partial charge on any atom is -0.485 e. The molecular formula is C11H11ClN2O2S. The fourth-order valence-corrected chi connectivity index (χ4v) is 2.22. The van der Waals surface area contributed by atoms with Gasteiger partial charge in [0.2, 0.25) is 0 Å². The lowest BCUT2D eigenvalue weighted by Gasteiger charge is -2.25. The highest BCUT2D eigenvalue weighted by molar-refractivity contribution is 7.13. The van der Waals surface area contributed by atoms with Crippen LogP contribution in [0.5, 0.6) is 11.5 Å². The summed E-state index contributed by atoms with van der Waals surface area (Å²) in [4.78, 5) is 4.20. The van der Waals surface area contributed by atoms with Gasteiger partial charge in [-0.2, -0.15) is 0 Å². The Bertz CT molecular complexity index is 518. The number of thiazole rings is 1. The van der Waals surface area contributed by atoms with Gasteiger partial charge >= 0.3 is 0 Å². The van der Waals surface area contributed by atoms with Gasteiger partial charge < -0.3 is 15.2 Å². The van der Waals surface area contributed by atoms with Gasteiger partial charge in [-0.05, 0) is 12.1 Å². The maximum Gasteiger partial charge on any atom is 0.180 e. The van der Waals surface area contributed by atoms with Gasteiger partial charge in [0.25, 0.3) is 0 Å². The van der Waals surface area contributed by atoms with Crippen LogP contribution in [0.1, 0.15) is 11.8 Å². The van der Waals surface area contributed by atoms with Crippen LogP contribution in [0.4, 0.5) is 5.13 Å². The second-order valence-electron chi connectivity index (χ2n) is 3.47. The van der Waals surface area contributed by atoms with Gasteiger partial charge in [-0.25, -0.2) is 4.98 Å². The quantitative estimate of drug-likeness (QED) is 0.866. The number of nitrogen functional groups attached to an aromatic ring is 1. The summed E-state index contributed by atoms with van der Waals surface area (Å²) in [6.45, 7) is 0.472. The van der Waals surface area contributed by atoms with E-state index < -0.39 is 0 Å². The molecule has 0 saturated heterocycles.